The van der Waals surface area contributed by atoms with Gasteiger partial charge in [0.15, 0.2) is 0 Å². The minimum absolute atomic E-state index is 0.0626. The lowest BCUT2D eigenvalue weighted by molar-refractivity contribution is -0.757. The summed E-state index contributed by atoms with van der Waals surface area (Å²) in [5.74, 6) is 0. The van der Waals surface area contributed by atoms with Crippen molar-refractivity contribution in [2.75, 3.05) is 6.61 Å². The minimum Gasteiger partial charge on any atom is -0.314 e. The van der Waals surface area contributed by atoms with Crippen molar-refractivity contribution >= 4 is 0 Å². The number of aromatic nitrogens is 2. The third-order valence-corrected chi connectivity index (χ3v) is 1.46. The molecule has 8 nitrogen and oxygen atoms in total. The summed E-state index contributed by atoms with van der Waals surface area (Å²) < 4.78 is 0. The van der Waals surface area contributed by atoms with Gasteiger partial charge in [0.1, 0.15) is 6.61 Å². The van der Waals surface area contributed by atoms with E-state index in [2.05, 4.69) is 9.82 Å². The van der Waals surface area contributed by atoms with Crippen molar-refractivity contribution in [3.63, 3.8) is 0 Å². The van der Waals surface area contributed by atoms with Gasteiger partial charge in [0.2, 0.25) is 0 Å². The lowest BCUT2D eigenvalue weighted by Gasteiger charge is -1.97. The molecule has 0 bridgehead atoms. The SMILES string of the molecule is O=c1[nH]cc(CCO[N+](=O)[O-])c(=O)[nH]1. The van der Waals surface area contributed by atoms with Gasteiger partial charge in [-0.3, -0.25) is 9.78 Å². The molecule has 8 heteroatoms. The molecular formula is C6H7N3O5. The Morgan fingerprint density at radius 2 is 2.21 bits per heavy atom. The van der Waals surface area contributed by atoms with Crippen LogP contribution < -0.4 is 11.2 Å². The second-order valence-corrected chi connectivity index (χ2v) is 2.40. The third-order valence-electron chi connectivity index (χ3n) is 1.46. The summed E-state index contributed by atoms with van der Waals surface area (Å²) in [6, 6.07) is 0. The molecule has 0 atom stereocenters. The van der Waals surface area contributed by atoms with Crippen molar-refractivity contribution in [2.45, 2.75) is 6.42 Å². The third kappa shape index (κ3) is 2.73. The fourth-order valence-electron chi connectivity index (χ4n) is 0.854. The predicted octanol–water partition coefficient (Wildman–Crippen LogP) is -1.19. The molecule has 0 unspecified atom stereocenters. The van der Waals surface area contributed by atoms with E-state index in [0.29, 0.717) is 0 Å². The molecule has 0 spiro atoms. The van der Waals surface area contributed by atoms with Crippen LogP contribution in [0, 0.1) is 10.1 Å². The molecule has 1 aromatic rings. The van der Waals surface area contributed by atoms with Crippen LogP contribution in [0.5, 0.6) is 0 Å². The van der Waals surface area contributed by atoms with E-state index >= 15 is 0 Å². The first kappa shape index (κ1) is 9.96. The van der Waals surface area contributed by atoms with E-state index in [1.54, 1.807) is 0 Å². The van der Waals surface area contributed by atoms with Crippen LogP contribution in [0.2, 0.25) is 0 Å². The first-order valence-corrected chi connectivity index (χ1v) is 3.68. The Hall–Kier alpha value is -2.12. The Morgan fingerprint density at radius 1 is 1.50 bits per heavy atom. The molecule has 1 heterocycles. The highest BCUT2D eigenvalue weighted by molar-refractivity contribution is 5.02. The predicted molar refractivity (Wildman–Crippen MR) is 44.3 cm³/mol. The molecule has 0 aromatic carbocycles. The molecule has 0 fully saturated rings. The van der Waals surface area contributed by atoms with Crippen LogP contribution >= 0.6 is 0 Å². The van der Waals surface area contributed by atoms with Crippen LogP contribution in [-0.4, -0.2) is 21.7 Å². The molecule has 0 saturated heterocycles. The van der Waals surface area contributed by atoms with Gasteiger partial charge in [0, 0.05) is 18.2 Å². The molecular weight excluding hydrogens is 194 g/mol. The van der Waals surface area contributed by atoms with Crippen molar-refractivity contribution in [3.8, 4) is 0 Å². The maximum Gasteiger partial charge on any atom is 0.325 e. The lowest BCUT2D eigenvalue weighted by atomic mass is 10.2. The number of nitrogens with one attached hydrogen (secondary N) is 2. The molecule has 76 valence electrons. The van der Waals surface area contributed by atoms with Crippen LogP contribution in [0.25, 0.3) is 0 Å². The summed E-state index contributed by atoms with van der Waals surface area (Å²) in [5.41, 5.74) is -0.957. The van der Waals surface area contributed by atoms with Crippen LogP contribution in [0.15, 0.2) is 15.8 Å². The number of H-pyrrole nitrogens is 2. The Labute approximate surface area is 76.6 Å². The Morgan fingerprint density at radius 3 is 2.79 bits per heavy atom. The van der Waals surface area contributed by atoms with E-state index < -0.39 is 16.3 Å². The Kier molecular flexibility index (Phi) is 3.00. The van der Waals surface area contributed by atoms with Crippen LogP contribution in [0.3, 0.4) is 0 Å². The first-order chi connectivity index (χ1) is 6.59. The molecule has 14 heavy (non-hydrogen) atoms. The highest BCUT2D eigenvalue weighted by Crippen LogP contribution is 1.88. The molecule has 0 radical (unpaired) electrons. The van der Waals surface area contributed by atoms with E-state index in [4.69, 9.17) is 0 Å². The van der Waals surface area contributed by atoms with Crippen molar-refractivity contribution in [1.29, 1.82) is 0 Å². The highest BCUT2D eigenvalue weighted by Gasteiger charge is 2.01. The quantitative estimate of drug-likeness (QED) is 0.469. The molecule has 0 aliphatic heterocycles. The van der Waals surface area contributed by atoms with Gasteiger partial charge in [-0.1, -0.05) is 0 Å². The van der Waals surface area contributed by atoms with Gasteiger partial charge in [0.25, 0.3) is 10.6 Å². The van der Waals surface area contributed by atoms with Gasteiger partial charge >= 0.3 is 5.69 Å². The van der Waals surface area contributed by atoms with Gasteiger partial charge in [-0.05, 0) is 0 Å². The number of nitrogens with zero attached hydrogens (tertiary/aromatic N) is 1. The molecule has 0 aliphatic carbocycles. The number of rotatable bonds is 4. The fraction of sp³-hybridized carbons (Fsp3) is 0.333. The molecule has 0 aliphatic rings. The van der Waals surface area contributed by atoms with Gasteiger partial charge in [-0.15, -0.1) is 10.1 Å². The molecule has 1 rings (SSSR count). The van der Waals surface area contributed by atoms with E-state index in [9.17, 15) is 19.7 Å². The average molecular weight is 201 g/mol. The van der Waals surface area contributed by atoms with Crippen molar-refractivity contribution in [2.24, 2.45) is 0 Å². The summed E-state index contributed by atoms with van der Waals surface area (Å²) in [6.07, 6.45) is 1.26. The van der Waals surface area contributed by atoms with Crippen molar-refractivity contribution in [3.05, 3.63) is 42.7 Å². The zero-order chi connectivity index (χ0) is 10.6. The zero-order valence-corrected chi connectivity index (χ0v) is 6.98. The summed E-state index contributed by atoms with van der Waals surface area (Å²) in [5, 5.41) is 8.82. The highest BCUT2D eigenvalue weighted by atomic mass is 16.9. The fourth-order valence-corrected chi connectivity index (χ4v) is 0.854. The first-order valence-electron chi connectivity index (χ1n) is 3.68. The molecule has 1 aromatic heterocycles. The smallest absolute Gasteiger partial charge is 0.314 e. The summed E-state index contributed by atoms with van der Waals surface area (Å²) in [6.45, 7) is -0.220. The van der Waals surface area contributed by atoms with Crippen LogP contribution in [0.4, 0.5) is 0 Å². The van der Waals surface area contributed by atoms with Crippen molar-refractivity contribution < 1.29 is 9.92 Å². The number of hydrogen-bond donors (Lipinski definition) is 2. The zero-order valence-electron chi connectivity index (χ0n) is 6.98. The van der Waals surface area contributed by atoms with Crippen molar-refractivity contribution in [1.82, 2.24) is 9.97 Å². The maximum absolute atomic E-state index is 11.0. The van der Waals surface area contributed by atoms with Crippen LogP contribution in [-0.2, 0) is 11.3 Å². The molecule has 2 N–H and O–H groups in total. The van der Waals surface area contributed by atoms with E-state index in [1.165, 1.54) is 6.20 Å². The average Bonchev–Trinajstić information content (AvgIpc) is 2.08. The Balaban J connectivity index is 2.64. The number of aromatic amines is 2. The van der Waals surface area contributed by atoms with Gasteiger partial charge in [0.05, 0.1) is 0 Å². The standard InChI is InChI=1S/C6H7N3O5/c10-5-4(1-2-14-9(12)13)3-7-6(11)8-5/h3H,1-2H2,(H2,7,8,10,11). The largest absolute Gasteiger partial charge is 0.325 e. The lowest BCUT2D eigenvalue weighted by Crippen LogP contribution is -2.25. The Bertz CT molecular complexity index is 434. The van der Waals surface area contributed by atoms with E-state index in [0.717, 1.165) is 0 Å². The van der Waals surface area contributed by atoms with E-state index in [1.807, 2.05) is 4.98 Å². The van der Waals surface area contributed by atoms with Gasteiger partial charge < -0.3 is 9.82 Å². The molecule has 0 amide bonds. The monoisotopic (exact) mass is 201 g/mol. The van der Waals surface area contributed by atoms with E-state index in [-0.39, 0.29) is 18.6 Å². The normalized spacial score (nSPS) is 9.71. The maximum atomic E-state index is 11.0. The topological polar surface area (TPSA) is 118 Å². The second kappa shape index (κ2) is 4.21. The second-order valence-electron chi connectivity index (χ2n) is 2.40. The summed E-state index contributed by atoms with van der Waals surface area (Å²) >= 11 is 0. The summed E-state index contributed by atoms with van der Waals surface area (Å²) in [7, 11) is 0. The van der Waals surface area contributed by atoms with Crippen LogP contribution in [0.1, 0.15) is 5.56 Å². The van der Waals surface area contributed by atoms with Gasteiger partial charge in [-0.25, -0.2) is 4.79 Å². The minimum atomic E-state index is -0.945. The van der Waals surface area contributed by atoms with Gasteiger partial charge in [-0.2, -0.15) is 0 Å². The summed E-state index contributed by atoms with van der Waals surface area (Å²) in [4.78, 5) is 39.6. The number of hydrogen-bond acceptors (Lipinski definition) is 5. The molecule has 0 saturated carbocycles.